The van der Waals surface area contributed by atoms with Crippen LogP contribution in [0.5, 0.6) is 0 Å². The van der Waals surface area contributed by atoms with Crippen molar-refractivity contribution in [3.63, 3.8) is 0 Å². The summed E-state index contributed by atoms with van der Waals surface area (Å²) in [5, 5.41) is 3.35. The van der Waals surface area contributed by atoms with Gasteiger partial charge in [-0.2, -0.15) is 0 Å². The van der Waals surface area contributed by atoms with Gasteiger partial charge in [0.2, 0.25) is 5.95 Å². The van der Waals surface area contributed by atoms with Crippen LogP contribution >= 0.6 is 0 Å². The average Bonchev–Trinajstić information content (AvgIpc) is 2.78. The van der Waals surface area contributed by atoms with Gasteiger partial charge >= 0.3 is 0 Å². The average molecular weight is 261 g/mol. The lowest BCUT2D eigenvalue weighted by molar-refractivity contribution is 0.293. The summed E-state index contributed by atoms with van der Waals surface area (Å²) in [4.78, 5) is 7.55. The molecule has 0 radical (unpaired) electrons. The molecule has 1 heterocycles. The molecule has 1 fully saturated rings. The van der Waals surface area contributed by atoms with Gasteiger partial charge in [-0.1, -0.05) is 19.8 Å². The van der Waals surface area contributed by atoms with E-state index < -0.39 is 0 Å². The molecule has 1 aliphatic rings. The van der Waals surface area contributed by atoms with Gasteiger partial charge in [0.1, 0.15) is 5.82 Å². The summed E-state index contributed by atoms with van der Waals surface area (Å²) >= 11 is 0. The summed E-state index contributed by atoms with van der Waals surface area (Å²) in [6, 6.07) is 4.63. The highest BCUT2D eigenvalue weighted by Gasteiger charge is 2.18. The molecule has 0 aliphatic heterocycles. The molecule has 0 amide bonds. The summed E-state index contributed by atoms with van der Waals surface area (Å²) in [6.45, 7) is 3.28. The van der Waals surface area contributed by atoms with Crippen LogP contribution in [0.3, 0.4) is 0 Å². The number of halogens is 1. The molecule has 102 valence electrons. The highest BCUT2D eigenvalue weighted by molar-refractivity contribution is 5.77. The van der Waals surface area contributed by atoms with Gasteiger partial charge in [0.05, 0.1) is 11.0 Å². The number of aromatic amines is 1. The zero-order valence-corrected chi connectivity index (χ0v) is 11.2. The van der Waals surface area contributed by atoms with E-state index in [1.807, 2.05) is 0 Å². The van der Waals surface area contributed by atoms with Crippen LogP contribution in [0.25, 0.3) is 11.0 Å². The van der Waals surface area contributed by atoms with Crippen molar-refractivity contribution >= 4 is 17.0 Å². The molecule has 3 rings (SSSR count). The maximum absolute atomic E-state index is 13.1. The number of rotatable bonds is 3. The van der Waals surface area contributed by atoms with E-state index in [1.54, 1.807) is 6.07 Å². The van der Waals surface area contributed by atoms with Gasteiger partial charge in [0.25, 0.3) is 0 Å². The zero-order chi connectivity index (χ0) is 13.2. The first-order chi connectivity index (χ1) is 9.20. The Morgan fingerprint density at radius 2 is 2.32 bits per heavy atom. The zero-order valence-electron chi connectivity index (χ0n) is 11.2. The normalized spacial score (nSPS) is 23.7. The third kappa shape index (κ3) is 2.88. The highest BCUT2D eigenvalue weighted by atomic mass is 19.1. The largest absolute Gasteiger partial charge is 0.356 e. The molecular weight excluding hydrogens is 241 g/mol. The fourth-order valence-corrected chi connectivity index (χ4v) is 3.05. The Kier molecular flexibility index (Phi) is 3.40. The molecule has 1 aromatic carbocycles. The molecule has 0 saturated heterocycles. The predicted molar refractivity (Wildman–Crippen MR) is 75.7 cm³/mol. The first-order valence-electron chi connectivity index (χ1n) is 7.10. The van der Waals surface area contributed by atoms with Gasteiger partial charge in [-0.05, 0) is 42.9 Å². The van der Waals surface area contributed by atoms with Crippen LogP contribution < -0.4 is 5.32 Å². The van der Waals surface area contributed by atoms with Crippen LogP contribution in [0.4, 0.5) is 10.3 Å². The molecule has 2 N–H and O–H groups in total. The van der Waals surface area contributed by atoms with Crippen molar-refractivity contribution in [1.29, 1.82) is 0 Å². The van der Waals surface area contributed by atoms with E-state index in [2.05, 4.69) is 22.2 Å². The van der Waals surface area contributed by atoms with Crippen LogP contribution in [0.15, 0.2) is 18.2 Å². The Morgan fingerprint density at radius 1 is 1.42 bits per heavy atom. The van der Waals surface area contributed by atoms with Gasteiger partial charge < -0.3 is 10.3 Å². The Labute approximate surface area is 112 Å². The second-order valence-electron chi connectivity index (χ2n) is 5.77. The number of imidazole rings is 1. The standard InChI is InChI=1S/C15H20FN3/c1-10-3-2-4-11(7-10)9-17-15-18-13-6-5-12(16)8-14(13)19-15/h5-6,8,10-11H,2-4,7,9H2,1H3,(H2,17,18,19). The van der Waals surface area contributed by atoms with Gasteiger partial charge in [-0.15, -0.1) is 0 Å². The third-order valence-corrected chi connectivity index (χ3v) is 4.05. The molecule has 2 unspecified atom stereocenters. The second kappa shape index (κ2) is 5.19. The molecule has 0 spiro atoms. The number of H-pyrrole nitrogens is 1. The number of nitrogens with one attached hydrogen (secondary N) is 2. The van der Waals surface area contributed by atoms with Crippen molar-refractivity contribution in [3.8, 4) is 0 Å². The molecule has 1 aliphatic carbocycles. The monoisotopic (exact) mass is 261 g/mol. The van der Waals surface area contributed by atoms with Crippen molar-refractivity contribution in [1.82, 2.24) is 9.97 Å². The second-order valence-corrected chi connectivity index (χ2v) is 5.77. The minimum atomic E-state index is -0.233. The van der Waals surface area contributed by atoms with Crippen molar-refractivity contribution in [2.45, 2.75) is 32.6 Å². The van der Waals surface area contributed by atoms with Crippen molar-refractivity contribution in [3.05, 3.63) is 24.0 Å². The first kappa shape index (κ1) is 12.5. The molecule has 2 atom stereocenters. The molecule has 1 saturated carbocycles. The predicted octanol–water partition coefficient (Wildman–Crippen LogP) is 3.94. The lowest BCUT2D eigenvalue weighted by atomic mass is 9.82. The van der Waals surface area contributed by atoms with Crippen LogP contribution in [0.1, 0.15) is 32.6 Å². The molecule has 3 nitrogen and oxygen atoms in total. The van der Waals surface area contributed by atoms with E-state index in [-0.39, 0.29) is 5.82 Å². The molecule has 19 heavy (non-hydrogen) atoms. The summed E-state index contributed by atoms with van der Waals surface area (Å²) in [5.74, 6) is 2.08. The van der Waals surface area contributed by atoms with Crippen molar-refractivity contribution in [2.24, 2.45) is 11.8 Å². The number of anilines is 1. The number of nitrogens with zero attached hydrogens (tertiary/aromatic N) is 1. The van der Waals surface area contributed by atoms with Crippen LogP contribution in [0, 0.1) is 17.7 Å². The van der Waals surface area contributed by atoms with Gasteiger partial charge in [0.15, 0.2) is 0 Å². The molecule has 1 aromatic heterocycles. The fraction of sp³-hybridized carbons (Fsp3) is 0.533. The van der Waals surface area contributed by atoms with E-state index in [9.17, 15) is 4.39 Å². The first-order valence-corrected chi connectivity index (χ1v) is 7.10. The summed E-state index contributed by atoms with van der Waals surface area (Å²) in [6.07, 6.45) is 5.29. The van der Waals surface area contributed by atoms with Crippen molar-refractivity contribution < 1.29 is 4.39 Å². The minimum Gasteiger partial charge on any atom is -0.356 e. The Balaban J connectivity index is 1.65. The summed E-state index contributed by atoms with van der Waals surface area (Å²) in [5.41, 5.74) is 1.56. The fourth-order valence-electron chi connectivity index (χ4n) is 3.05. The third-order valence-electron chi connectivity index (χ3n) is 4.05. The van der Waals surface area contributed by atoms with E-state index in [0.717, 1.165) is 35.4 Å². The lowest BCUT2D eigenvalue weighted by Crippen LogP contribution is -2.21. The Morgan fingerprint density at radius 3 is 3.16 bits per heavy atom. The number of aromatic nitrogens is 2. The maximum Gasteiger partial charge on any atom is 0.201 e. The smallest absolute Gasteiger partial charge is 0.201 e. The van der Waals surface area contributed by atoms with Gasteiger partial charge in [-0.3, -0.25) is 0 Å². The van der Waals surface area contributed by atoms with Crippen molar-refractivity contribution in [2.75, 3.05) is 11.9 Å². The topological polar surface area (TPSA) is 40.7 Å². The van der Waals surface area contributed by atoms with E-state index in [0.29, 0.717) is 0 Å². The maximum atomic E-state index is 13.1. The van der Waals surface area contributed by atoms with Gasteiger partial charge in [0, 0.05) is 6.54 Å². The summed E-state index contributed by atoms with van der Waals surface area (Å²) in [7, 11) is 0. The Hall–Kier alpha value is -1.58. The van der Waals surface area contributed by atoms with E-state index in [4.69, 9.17) is 0 Å². The Bertz CT molecular complexity index is 564. The van der Waals surface area contributed by atoms with E-state index >= 15 is 0 Å². The number of benzene rings is 1. The highest BCUT2D eigenvalue weighted by Crippen LogP contribution is 2.28. The molecule has 2 aromatic rings. The SMILES string of the molecule is CC1CCCC(CNc2nc3ccc(F)cc3[nH]2)C1. The molecular formula is C15H20FN3. The van der Waals surface area contributed by atoms with Crippen LogP contribution in [-0.2, 0) is 0 Å². The quantitative estimate of drug-likeness (QED) is 0.878. The summed E-state index contributed by atoms with van der Waals surface area (Å²) < 4.78 is 13.1. The number of fused-ring (bicyclic) bond motifs is 1. The number of hydrogen-bond donors (Lipinski definition) is 2. The minimum absolute atomic E-state index is 0.233. The van der Waals surface area contributed by atoms with E-state index in [1.165, 1.54) is 37.8 Å². The van der Waals surface area contributed by atoms with Crippen LogP contribution in [0.2, 0.25) is 0 Å². The number of hydrogen-bond acceptors (Lipinski definition) is 2. The molecule has 4 heteroatoms. The van der Waals surface area contributed by atoms with Gasteiger partial charge in [-0.25, -0.2) is 9.37 Å². The van der Waals surface area contributed by atoms with Crippen LogP contribution in [-0.4, -0.2) is 16.5 Å². The molecule has 0 bridgehead atoms. The lowest BCUT2D eigenvalue weighted by Gasteiger charge is -2.26.